The zero-order valence-corrected chi connectivity index (χ0v) is 9.98. The van der Waals surface area contributed by atoms with Crippen molar-refractivity contribution < 1.29 is 4.39 Å². The second-order valence-electron chi connectivity index (χ2n) is 4.38. The largest absolute Gasteiger partial charge is 0.354 e. The fourth-order valence-electron chi connectivity index (χ4n) is 2.13. The van der Waals surface area contributed by atoms with Crippen LogP contribution in [0, 0.1) is 12.7 Å². The molecule has 2 aromatic rings. The average Bonchev–Trinajstić information content (AvgIpc) is 2.71. The molecule has 2 heterocycles. The van der Waals surface area contributed by atoms with Crippen LogP contribution in [0.2, 0.25) is 0 Å². The minimum absolute atomic E-state index is 0.231. The number of rotatable bonds is 1. The Morgan fingerprint density at radius 1 is 1.44 bits per heavy atom. The monoisotopic (exact) mass is 248 g/mol. The normalized spacial score (nSPS) is 14.1. The third kappa shape index (κ3) is 1.61. The van der Waals surface area contributed by atoms with Gasteiger partial charge >= 0.3 is 5.69 Å². The standard InChI is InChI=1S/C12H13FN4O/c1-8-3-4-9(13)7-10(8)17-12(18)16-6-2-5-14-11(16)15-17/h3-4,7H,2,5-6H2,1H3,(H,14,15). The molecule has 6 heteroatoms. The first-order chi connectivity index (χ1) is 8.66. The van der Waals surface area contributed by atoms with Crippen molar-refractivity contribution in [3.8, 4) is 5.69 Å². The fraction of sp³-hybridized carbons (Fsp3) is 0.333. The molecule has 18 heavy (non-hydrogen) atoms. The summed E-state index contributed by atoms with van der Waals surface area (Å²) in [5.74, 6) is 0.177. The molecule has 1 aliphatic heterocycles. The van der Waals surface area contributed by atoms with E-state index < -0.39 is 0 Å². The molecule has 1 aromatic heterocycles. The van der Waals surface area contributed by atoms with Crippen molar-refractivity contribution in [3.05, 3.63) is 40.1 Å². The number of benzene rings is 1. The predicted molar refractivity (Wildman–Crippen MR) is 65.6 cm³/mol. The lowest BCUT2D eigenvalue weighted by Gasteiger charge is -2.12. The van der Waals surface area contributed by atoms with Crippen molar-refractivity contribution in [2.45, 2.75) is 19.9 Å². The summed E-state index contributed by atoms with van der Waals surface area (Å²) >= 11 is 0. The molecule has 1 N–H and O–H groups in total. The van der Waals surface area contributed by atoms with E-state index in [1.807, 2.05) is 6.92 Å². The molecule has 1 aromatic carbocycles. The van der Waals surface area contributed by atoms with E-state index in [1.54, 1.807) is 10.6 Å². The molecule has 0 bridgehead atoms. The highest BCUT2D eigenvalue weighted by molar-refractivity contribution is 5.41. The van der Waals surface area contributed by atoms with Gasteiger partial charge in [-0.05, 0) is 25.0 Å². The van der Waals surface area contributed by atoms with E-state index in [0.29, 0.717) is 18.2 Å². The predicted octanol–water partition coefficient (Wildman–Crippen LogP) is 1.30. The second kappa shape index (κ2) is 3.97. The van der Waals surface area contributed by atoms with E-state index in [-0.39, 0.29) is 11.5 Å². The van der Waals surface area contributed by atoms with Gasteiger partial charge in [-0.3, -0.25) is 4.57 Å². The van der Waals surface area contributed by atoms with E-state index in [2.05, 4.69) is 10.4 Å². The van der Waals surface area contributed by atoms with Gasteiger partial charge in [0.1, 0.15) is 5.82 Å². The van der Waals surface area contributed by atoms with E-state index in [0.717, 1.165) is 18.5 Å². The SMILES string of the molecule is Cc1ccc(F)cc1-n1nc2n(c1=O)CCCN2. The Morgan fingerprint density at radius 3 is 3.06 bits per heavy atom. The van der Waals surface area contributed by atoms with Gasteiger partial charge < -0.3 is 5.32 Å². The Hall–Kier alpha value is -2.11. The third-order valence-electron chi connectivity index (χ3n) is 3.10. The topological polar surface area (TPSA) is 51.9 Å². The number of anilines is 1. The molecule has 1 aliphatic rings. The first-order valence-electron chi connectivity index (χ1n) is 5.87. The van der Waals surface area contributed by atoms with Gasteiger partial charge in [0.05, 0.1) is 5.69 Å². The second-order valence-corrected chi connectivity index (χ2v) is 4.38. The Labute approximate surface area is 103 Å². The summed E-state index contributed by atoms with van der Waals surface area (Å²) in [6.45, 7) is 3.28. The van der Waals surface area contributed by atoms with Crippen LogP contribution < -0.4 is 11.0 Å². The lowest BCUT2D eigenvalue weighted by Crippen LogP contribution is -2.28. The van der Waals surface area contributed by atoms with Gasteiger partial charge in [0.15, 0.2) is 0 Å². The minimum Gasteiger partial charge on any atom is -0.354 e. The molecule has 0 fully saturated rings. The average molecular weight is 248 g/mol. The van der Waals surface area contributed by atoms with E-state index >= 15 is 0 Å². The molecule has 0 saturated carbocycles. The molecule has 94 valence electrons. The van der Waals surface area contributed by atoms with Crippen molar-refractivity contribution in [2.24, 2.45) is 0 Å². The van der Waals surface area contributed by atoms with Crippen LogP contribution in [-0.2, 0) is 6.54 Å². The molecule has 5 nitrogen and oxygen atoms in total. The maximum Gasteiger partial charge on any atom is 0.352 e. The first-order valence-corrected chi connectivity index (χ1v) is 5.87. The van der Waals surface area contributed by atoms with Gasteiger partial charge in [0.25, 0.3) is 0 Å². The van der Waals surface area contributed by atoms with Crippen LogP contribution in [0.15, 0.2) is 23.0 Å². The van der Waals surface area contributed by atoms with Crippen LogP contribution in [0.5, 0.6) is 0 Å². The highest BCUT2D eigenvalue weighted by Gasteiger charge is 2.18. The van der Waals surface area contributed by atoms with Crippen LogP contribution in [0.3, 0.4) is 0 Å². The van der Waals surface area contributed by atoms with Gasteiger partial charge in [-0.15, -0.1) is 5.10 Å². The molecule has 0 aliphatic carbocycles. The lowest BCUT2D eigenvalue weighted by molar-refractivity contribution is 0.605. The highest BCUT2D eigenvalue weighted by atomic mass is 19.1. The fourth-order valence-corrected chi connectivity index (χ4v) is 2.13. The third-order valence-corrected chi connectivity index (χ3v) is 3.10. The van der Waals surface area contributed by atoms with Crippen LogP contribution >= 0.6 is 0 Å². The number of halogens is 1. The lowest BCUT2D eigenvalue weighted by atomic mass is 10.2. The summed E-state index contributed by atoms with van der Waals surface area (Å²) in [6, 6.07) is 4.34. The number of hydrogen-bond acceptors (Lipinski definition) is 3. The Bertz CT molecular complexity index is 659. The maximum atomic E-state index is 13.3. The molecule has 0 radical (unpaired) electrons. The molecule has 0 atom stereocenters. The van der Waals surface area contributed by atoms with Crippen LogP contribution in [0.1, 0.15) is 12.0 Å². The van der Waals surface area contributed by atoms with Crippen molar-refractivity contribution >= 4 is 5.95 Å². The Morgan fingerprint density at radius 2 is 2.28 bits per heavy atom. The molecule has 0 saturated heterocycles. The summed E-state index contributed by atoms with van der Waals surface area (Å²) in [5, 5.41) is 7.28. The number of hydrogen-bond donors (Lipinski definition) is 1. The quantitative estimate of drug-likeness (QED) is 0.827. The molecule has 3 rings (SSSR count). The Kier molecular flexibility index (Phi) is 2.43. The number of nitrogens with zero attached hydrogens (tertiary/aromatic N) is 3. The summed E-state index contributed by atoms with van der Waals surface area (Å²) in [4.78, 5) is 12.2. The maximum absolute atomic E-state index is 13.3. The number of fused-ring (bicyclic) bond motifs is 1. The van der Waals surface area contributed by atoms with E-state index in [1.165, 1.54) is 16.8 Å². The number of aromatic nitrogens is 3. The van der Waals surface area contributed by atoms with Crippen LogP contribution in [-0.4, -0.2) is 20.9 Å². The number of nitrogens with one attached hydrogen (secondary N) is 1. The zero-order valence-electron chi connectivity index (χ0n) is 9.98. The number of aryl methyl sites for hydroxylation is 1. The summed E-state index contributed by atoms with van der Waals surface area (Å²) in [5.41, 5.74) is 1.07. The first kappa shape index (κ1) is 11.0. The smallest absolute Gasteiger partial charge is 0.352 e. The summed E-state index contributed by atoms with van der Waals surface area (Å²) in [7, 11) is 0. The molecular weight excluding hydrogens is 235 g/mol. The zero-order chi connectivity index (χ0) is 12.7. The van der Waals surface area contributed by atoms with Gasteiger partial charge in [0, 0.05) is 19.2 Å². The van der Waals surface area contributed by atoms with E-state index in [4.69, 9.17) is 0 Å². The molecule has 0 spiro atoms. The molecule has 0 unspecified atom stereocenters. The summed E-state index contributed by atoms with van der Waals surface area (Å²) < 4.78 is 16.1. The van der Waals surface area contributed by atoms with Crippen LogP contribution in [0.4, 0.5) is 10.3 Å². The van der Waals surface area contributed by atoms with Crippen molar-refractivity contribution in [3.63, 3.8) is 0 Å². The van der Waals surface area contributed by atoms with Crippen LogP contribution in [0.25, 0.3) is 5.69 Å². The van der Waals surface area contributed by atoms with Crippen molar-refractivity contribution in [2.75, 3.05) is 11.9 Å². The molecule has 0 amide bonds. The minimum atomic E-state index is -0.374. The summed E-state index contributed by atoms with van der Waals surface area (Å²) in [6.07, 6.45) is 0.890. The highest BCUT2D eigenvalue weighted by Crippen LogP contribution is 2.15. The van der Waals surface area contributed by atoms with Gasteiger partial charge in [-0.2, -0.15) is 4.68 Å². The molecular formula is C12H13FN4O. The Balaban J connectivity index is 2.20. The van der Waals surface area contributed by atoms with Gasteiger partial charge in [-0.1, -0.05) is 6.07 Å². The van der Waals surface area contributed by atoms with Crippen molar-refractivity contribution in [1.82, 2.24) is 14.3 Å². The van der Waals surface area contributed by atoms with Crippen molar-refractivity contribution in [1.29, 1.82) is 0 Å². The van der Waals surface area contributed by atoms with Gasteiger partial charge in [-0.25, -0.2) is 9.18 Å². The van der Waals surface area contributed by atoms with Gasteiger partial charge in [0.2, 0.25) is 5.95 Å². The van der Waals surface area contributed by atoms with E-state index in [9.17, 15) is 9.18 Å².